The second-order valence-corrected chi connectivity index (χ2v) is 6.34. The van der Waals surface area contributed by atoms with E-state index in [0.717, 1.165) is 11.3 Å². The highest BCUT2D eigenvalue weighted by Crippen LogP contribution is 2.25. The lowest BCUT2D eigenvalue weighted by Crippen LogP contribution is -2.27. The number of aryl methyl sites for hydroxylation is 1. The van der Waals surface area contributed by atoms with Crippen molar-refractivity contribution in [2.24, 2.45) is 0 Å². The second-order valence-electron chi connectivity index (χ2n) is 5.93. The summed E-state index contributed by atoms with van der Waals surface area (Å²) in [4.78, 5) is 17.6. The van der Waals surface area contributed by atoms with Crippen LogP contribution in [0.25, 0.3) is 11.2 Å². The van der Waals surface area contributed by atoms with Gasteiger partial charge in [0.05, 0.1) is 6.54 Å². The summed E-state index contributed by atoms with van der Waals surface area (Å²) in [5.74, 6) is 0.933. The second kappa shape index (κ2) is 9.59. The highest BCUT2D eigenvalue weighted by Gasteiger charge is 2.13. The van der Waals surface area contributed by atoms with Gasteiger partial charge in [-0.25, -0.2) is 9.97 Å². The van der Waals surface area contributed by atoms with Crippen LogP contribution in [-0.4, -0.2) is 46.0 Å². The van der Waals surface area contributed by atoms with Gasteiger partial charge < -0.3 is 20.1 Å². The molecule has 0 aliphatic rings. The van der Waals surface area contributed by atoms with E-state index in [1.807, 2.05) is 39.0 Å². The van der Waals surface area contributed by atoms with E-state index in [9.17, 15) is 0 Å². The molecule has 1 aromatic carbocycles. The molecule has 2 N–H and O–H groups in total. The molecule has 8 nitrogen and oxygen atoms in total. The third-order valence-electron chi connectivity index (χ3n) is 3.90. The number of rotatable bonds is 9. The summed E-state index contributed by atoms with van der Waals surface area (Å²) < 4.78 is 11.1. The van der Waals surface area contributed by atoms with E-state index >= 15 is 0 Å². The summed E-state index contributed by atoms with van der Waals surface area (Å²) >= 11 is 6.23. The first kappa shape index (κ1) is 20.2. The Morgan fingerprint density at radius 2 is 1.82 bits per heavy atom. The zero-order chi connectivity index (χ0) is 19.9. The van der Waals surface area contributed by atoms with Crippen molar-refractivity contribution in [1.29, 1.82) is 0 Å². The Labute approximate surface area is 168 Å². The van der Waals surface area contributed by atoms with E-state index in [0.29, 0.717) is 47.7 Å². The van der Waals surface area contributed by atoms with Gasteiger partial charge in [0.25, 0.3) is 0 Å². The van der Waals surface area contributed by atoms with Gasteiger partial charge in [-0.05, 0) is 38.5 Å². The molecule has 0 saturated heterocycles. The summed E-state index contributed by atoms with van der Waals surface area (Å²) in [6, 6.07) is 5.71. The topological polar surface area (TPSA) is 94.1 Å². The van der Waals surface area contributed by atoms with Crippen LogP contribution >= 0.6 is 11.6 Å². The van der Waals surface area contributed by atoms with Crippen molar-refractivity contribution < 1.29 is 9.47 Å². The Hall–Kier alpha value is -2.55. The Balaban J connectivity index is 1.87. The van der Waals surface area contributed by atoms with Crippen LogP contribution in [0.4, 0.5) is 17.5 Å². The molecule has 0 amide bonds. The molecule has 28 heavy (non-hydrogen) atoms. The van der Waals surface area contributed by atoms with Gasteiger partial charge in [-0.1, -0.05) is 17.7 Å². The number of aromatic nitrogens is 4. The minimum Gasteiger partial charge on any atom is -0.351 e. The lowest BCUT2D eigenvalue weighted by Gasteiger charge is -2.18. The third kappa shape index (κ3) is 5.03. The van der Waals surface area contributed by atoms with Crippen LogP contribution < -0.4 is 10.6 Å². The molecule has 0 aliphatic heterocycles. The van der Waals surface area contributed by atoms with Crippen LogP contribution in [0, 0.1) is 6.92 Å². The average molecular weight is 403 g/mol. The van der Waals surface area contributed by atoms with Crippen LogP contribution in [0.5, 0.6) is 0 Å². The molecule has 0 aliphatic carbocycles. The first-order chi connectivity index (χ1) is 13.6. The Morgan fingerprint density at radius 3 is 2.54 bits per heavy atom. The standard InChI is InChI=1S/C19H23ClN6O2/c1-4-27-15(28-5-2)11-23-19-25-17-16(21-8-9-22-17)18(26-19)24-13-7-6-12(3)14(20)10-13/h6-10,15H,4-5,11H2,1-3H3,(H2,22,23,24,25,26). The zero-order valence-electron chi connectivity index (χ0n) is 16.1. The minimum absolute atomic E-state index is 0.386. The SMILES string of the molecule is CCOC(CNc1nc(Nc2ccc(C)c(Cl)c2)c2nccnc2n1)OCC. The summed E-state index contributed by atoms with van der Waals surface area (Å²) in [6.45, 7) is 7.30. The van der Waals surface area contributed by atoms with Crippen molar-refractivity contribution >= 4 is 40.2 Å². The lowest BCUT2D eigenvalue weighted by atomic mass is 10.2. The third-order valence-corrected chi connectivity index (χ3v) is 4.31. The molecule has 3 rings (SSSR count). The molecular weight excluding hydrogens is 380 g/mol. The van der Waals surface area contributed by atoms with Crippen molar-refractivity contribution in [1.82, 2.24) is 19.9 Å². The van der Waals surface area contributed by atoms with Gasteiger partial charge in [0, 0.05) is 36.3 Å². The smallest absolute Gasteiger partial charge is 0.227 e. The monoisotopic (exact) mass is 402 g/mol. The summed E-state index contributed by atoms with van der Waals surface area (Å²) in [6.07, 6.45) is 2.81. The maximum absolute atomic E-state index is 6.23. The largest absolute Gasteiger partial charge is 0.351 e. The van der Waals surface area contributed by atoms with E-state index in [4.69, 9.17) is 21.1 Å². The Kier molecular flexibility index (Phi) is 6.91. The molecule has 0 saturated carbocycles. The van der Waals surface area contributed by atoms with E-state index < -0.39 is 0 Å². The fourth-order valence-electron chi connectivity index (χ4n) is 2.55. The van der Waals surface area contributed by atoms with Crippen molar-refractivity contribution in [3.63, 3.8) is 0 Å². The normalized spacial score (nSPS) is 11.2. The molecule has 3 aromatic rings. The molecule has 0 bridgehead atoms. The quantitative estimate of drug-likeness (QED) is 0.520. The fourth-order valence-corrected chi connectivity index (χ4v) is 2.73. The van der Waals surface area contributed by atoms with Crippen LogP contribution in [0.15, 0.2) is 30.6 Å². The van der Waals surface area contributed by atoms with Crippen LogP contribution in [0.1, 0.15) is 19.4 Å². The van der Waals surface area contributed by atoms with Crippen LogP contribution in [-0.2, 0) is 9.47 Å². The Morgan fingerprint density at radius 1 is 1.07 bits per heavy atom. The summed E-state index contributed by atoms with van der Waals surface area (Å²) in [5, 5.41) is 7.07. The number of hydrogen-bond donors (Lipinski definition) is 2. The van der Waals surface area contributed by atoms with Crippen molar-refractivity contribution in [3.8, 4) is 0 Å². The van der Waals surface area contributed by atoms with Crippen molar-refractivity contribution in [2.75, 3.05) is 30.4 Å². The maximum atomic E-state index is 6.23. The highest BCUT2D eigenvalue weighted by molar-refractivity contribution is 6.31. The first-order valence-electron chi connectivity index (χ1n) is 9.09. The molecule has 148 valence electrons. The molecule has 2 heterocycles. The predicted octanol–water partition coefficient (Wildman–Crippen LogP) is 3.94. The van der Waals surface area contributed by atoms with Gasteiger partial charge in [-0.2, -0.15) is 9.97 Å². The fraction of sp³-hybridized carbons (Fsp3) is 0.368. The highest BCUT2D eigenvalue weighted by atomic mass is 35.5. The number of nitrogens with one attached hydrogen (secondary N) is 2. The summed E-state index contributed by atoms with van der Waals surface area (Å²) in [7, 11) is 0. The molecule has 0 unspecified atom stereocenters. The Bertz CT molecular complexity index is 933. The van der Waals surface area contributed by atoms with E-state index in [2.05, 4.69) is 30.6 Å². The number of ether oxygens (including phenoxy) is 2. The summed E-state index contributed by atoms with van der Waals surface area (Å²) in [5.41, 5.74) is 2.84. The first-order valence-corrected chi connectivity index (χ1v) is 9.47. The van der Waals surface area contributed by atoms with Gasteiger partial charge in [-0.15, -0.1) is 0 Å². The lowest BCUT2D eigenvalue weighted by molar-refractivity contribution is -0.126. The van der Waals surface area contributed by atoms with Gasteiger partial charge in [0.15, 0.2) is 23.3 Å². The van der Waals surface area contributed by atoms with E-state index in [1.54, 1.807) is 12.4 Å². The molecule has 9 heteroatoms. The van der Waals surface area contributed by atoms with E-state index in [-0.39, 0.29) is 6.29 Å². The van der Waals surface area contributed by atoms with Gasteiger partial charge >= 0.3 is 0 Å². The molecule has 0 spiro atoms. The average Bonchev–Trinajstić information content (AvgIpc) is 2.69. The minimum atomic E-state index is -0.386. The van der Waals surface area contributed by atoms with Crippen molar-refractivity contribution in [3.05, 3.63) is 41.2 Å². The predicted molar refractivity (Wildman–Crippen MR) is 110 cm³/mol. The zero-order valence-corrected chi connectivity index (χ0v) is 16.8. The van der Waals surface area contributed by atoms with Gasteiger partial charge in [0.1, 0.15) is 0 Å². The number of hydrogen-bond acceptors (Lipinski definition) is 8. The van der Waals surface area contributed by atoms with Gasteiger partial charge in [0.2, 0.25) is 5.95 Å². The number of nitrogens with zero attached hydrogens (tertiary/aromatic N) is 4. The van der Waals surface area contributed by atoms with Crippen molar-refractivity contribution in [2.45, 2.75) is 27.1 Å². The molecule has 0 fully saturated rings. The maximum Gasteiger partial charge on any atom is 0.227 e. The molecular formula is C19H23ClN6O2. The number of anilines is 3. The number of fused-ring (bicyclic) bond motifs is 1. The molecule has 2 aromatic heterocycles. The van der Waals surface area contributed by atoms with Gasteiger partial charge in [-0.3, -0.25) is 0 Å². The molecule has 0 atom stereocenters. The van der Waals surface area contributed by atoms with Crippen LogP contribution in [0.3, 0.4) is 0 Å². The molecule has 0 radical (unpaired) electrons. The number of halogens is 1. The van der Waals surface area contributed by atoms with Crippen LogP contribution in [0.2, 0.25) is 5.02 Å². The number of benzene rings is 1. The van der Waals surface area contributed by atoms with E-state index in [1.165, 1.54) is 0 Å².